The summed E-state index contributed by atoms with van der Waals surface area (Å²) in [4.78, 5) is 10.4. The molecule has 0 aromatic heterocycles. The smallest absolute Gasteiger partial charge is 0.303 e. The largest absolute Gasteiger partial charge is 0.481 e. The van der Waals surface area contributed by atoms with Crippen LogP contribution in [0.5, 0.6) is 0 Å². The van der Waals surface area contributed by atoms with Crippen molar-refractivity contribution in [1.82, 2.24) is 0 Å². The first-order chi connectivity index (χ1) is 12.5. The van der Waals surface area contributed by atoms with Gasteiger partial charge in [0.2, 0.25) is 0 Å². The van der Waals surface area contributed by atoms with Crippen LogP contribution in [0.3, 0.4) is 0 Å². The first-order valence-electron chi connectivity index (χ1n) is 10.6. The molecule has 0 heterocycles. The number of unbranched alkanes of at least 4 members (excludes halogenated alkanes) is 9. The number of aliphatic hydroxyl groups is 3. The minimum Gasteiger partial charge on any atom is -0.481 e. The summed E-state index contributed by atoms with van der Waals surface area (Å²) in [6.07, 6.45) is 16.3. The average Bonchev–Trinajstić information content (AvgIpc) is 2.63. The van der Waals surface area contributed by atoms with Crippen LogP contribution in [-0.4, -0.2) is 45.7 Å². The summed E-state index contributed by atoms with van der Waals surface area (Å²) in [5.74, 6) is 0.220. The van der Waals surface area contributed by atoms with Gasteiger partial charge in [0.05, 0.1) is 13.2 Å². The van der Waals surface area contributed by atoms with Crippen LogP contribution in [-0.2, 0) is 4.79 Å². The van der Waals surface area contributed by atoms with Crippen molar-refractivity contribution in [2.24, 2.45) is 5.92 Å². The van der Waals surface area contributed by atoms with E-state index in [9.17, 15) is 4.79 Å². The summed E-state index contributed by atoms with van der Waals surface area (Å²) in [5.41, 5.74) is 0. The first-order valence-corrected chi connectivity index (χ1v) is 10.6. The standard InChI is InChI=1S/C18H36O2.C3H8O3/c1-3-4-5-6-8-11-14-17(2)15-12-9-7-10-13-16-18(19)20;4-1-3(6)2-5/h17H,3-16H2,1-2H3,(H,19,20);3-6H,1-2H2. The van der Waals surface area contributed by atoms with Crippen molar-refractivity contribution in [2.75, 3.05) is 13.2 Å². The fraction of sp³-hybridized carbons (Fsp3) is 0.952. The van der Waals surface area contributed by atoms with E-state index < -0.39 is 12.1 Å². The quantitative estimate of drug-likeness (QED) is 0.280. The number of hydrogen-bond donors (Lipinski definition) is 4. The van der Waals surface area contributed by atoms with Crippen molar-refractivity contribution >= 4 is 5.97 Å². The molecule has 1 unspecified atom stereocenters. The molecule has 0 amide bonds. The maximum Gasteiger partial charge on any atom is 0.303 e. The predicted octanol–water partition coefficient (Wildman–Crippen LogP) is 4.52. The fourth-order valence-electron chi connectivity index (χ4n) is 2.77. The van der Waals surface area contributed by atoms with Crippen molar-refractivity contribution in [1.29, 1.82) is 0 Å². The Morgan fingerprint density at radius 1 is 0.769 bits per heavy atom. The molecule has 158 valence electrons. The zero-order chi connectivity index (χ0) is 20.0. The highest BCUT2D eigenvalue weighted by molar-refractivity contribution is 5.66. The van der Waals surface area contributed by atoms with Crippen molar-refractivity contribution in [3.05, 3.63) is 0 Å². The lowest BCUT2D eigenvalue weighted by Gasteiger charge is -2.10. The molecule has 0 spiro atoms. The van der Waals surface area contributed by atoms with Gasteiger partial charge in [-0.05, 0) is 12.3 Å². The van der Waals surface area contributed by atoms with E-state index in [0.29, 0.717) is 6.42 Å². The Hall–Kier alpha value is -0.650. The number of aliphatic carboxylic acids is 1. The Labute approximate surface area is 160 Å². The lowest BCUT2D eigenvalue weighted by molar-refractivity contribution is -0.137. The molecule has 0 fully saturated rings. The van der Waals surface area contributed by atoms with Gasteiger partial charge in [-0.15, -0.1) is 0 Å². The molecule has 5 heteroatoms. The van der Waals surface area contributed by atoms with Crippen molar-refractivity contribution in [3.8, 4) is 0 Å². The van der Waals surface area contributed by atoms with Gasteiger partial charge in [-0.3, -0.25) is 4.79 Å². The first kappa shape index (κ1) is 27.6. The van der Waals surface area contributed by atoms with E-state index in [1.165, 1.54) is 70.6 Å². The lowest BCUT2D eigenvalue weighted by Crippen LogP contribution is -2.15. The molecule has 26 heavy (non-hydrogen) atoms. The summed E-state index contributed by atoms with van der Waals surface area (Å²) in [6, 6.07) is 0. The van der Waals surface area contributed by atoms with E-state index in [4.69, 9.17) is 20.4 Å². The number of rotatable bonds is 17. The molecular formula is C21H44O5. The predicted molar refractivity (Wildman–Crippen MR) is 107 cm³/mol. The number of carboxylic acids is 1. The van der Waals surface area contributed by atoms with Crippen LogP contribution in [0, 0.1) is 5.92 Å². The van der Waals surface area contributed by atoms with Gasteiger partial charge >= 0.3 is 5.97 Å². The molecule has 1 atom stereocenters. The molecule has 0 aromatic rings. The van der Waals surface area contributed by atoms with E-state index in [0.717, 1.165) is 18.8 Å². The molecule has 0 rings (SSSR count). The van der Waals surface area contributed by atoms with Crippen molar-refractivity contribution in [2.45, 2.75) is 110 Å². The fourth-order valence-corrected chi connectivity index (χ4v) is 2.77. The van der Waals surface area contributed by atoms with Crippen LogP contribution in [0.4, 0.5) is 0 Å². The third-order valence-corrected chi connectivity index (χ3v) is 4.56. The van der Waals surface area contributed by atoms with E-state index in [1.54, 1.807) is 0 Å². The van der Waals surface area contributed by atoms with Gasteiger partial charge in [0.1, 0.15) is 6.10 Å². The van der Waals surface area contributed by atoms with Crippen LogP contribution in [0.2, 0.25) is 0 Å². The van der Waals surface area contributed by atoms with E-state index in [2.05, 4.69) is 13.8 Å². The van der Waals surface area contributed by atoms with Gasteiger partial charge < -0.3 is 20.4 Å². The second-order valence-corrected chi connectivity index (χ2v) is 7.38. The van der Waals surface area contributed by atoms with Gasteiger partial charge in [-0.2, -0.15) is 0 Å². The summed E-state index contributed by atoms with van der Waals surface area (Å²) in [7, 11) is 0. The Bertz CT molecular complexity index is 280. The number of carboxylic acid groups (broad SMARTS) is 1. The van der Waals surface area contributed by atoms with Crippen LogP contribution in [0.15, 0.2) is 0 Å². The minimum atomic E-state index is -0.954. The topological polar surface area (TPSA) is 98.0 Å². The van der Waals surface area contributed by atoms with E-state index >= 15 is 0 Å². The SMILES string of the molecule is CCCCCCCCC(C)CCCCCCCC(=O)O.OCC(O)CO. The normalized spacial score (nSPS) is 11.9. The third-order valence-electron chi connectivity index (χ3n) is 4.56. The third kappa shape index (κ3) is 25.6. The molecular weight excluding hydrogens is 332 g/mol. The number of aliphatic hydroxyl groups excluding tert-OH is 3. The van der Waals surface area contributed by atoms with Gasteiger partial charge in [-0.1, -0.05) is 90.9 Å². The highest BCUT2D eigenvalue weighted by atomic mass is 16.4. The minimum absolute atomic E-state index is 0.342. The molecule has 0 bridgehead atoms. The van der Waals surface area contributed by atoms with E-state index in [1.807, 2.05) is 0 Å². The molecule has 4 N–H and O–H groups in total. The second-order valence-electron chi connectivity index (χ2n) is 7.38. The van der Waals surface area contributed by atoms with Crippen LogP contribution >= 0.6 is 0 Å². The zero-order valence-corrected chi connectivity index (χ0v) is 17.2. The van der Waals surface area contributed by atoms with Crippen molar-refractivity contribution in [3.63, 3.8) is 0 Å². The lowest BCUT2D eigenvalue weighted by atomic mass is 9.96. The molecule has 0 aliphatic rings. The second kappa shape index (κ2) is 22.4. The van der Waals surface area contributed by atoms with E-state index in [-0.39, 0.29) is 13.2 Å². The number of hydrogen-bond acceptors (Lipinski definition) is 4. The molecule has 0 aromatic carbocycles. The molecule has 5 nitrogen and oxygen atoms in total. The zero-order valence-electron chi connectivity index (χ0n) is 17.2. The highest BCUT2D eigenvalue weighted by Crippen LogP contribution is 2.18. The Morgan fingerprint density at radius 3 is 1.58 bits per heavy atom. The van der Waals surface area contributed by atoms with Gasteiger partial charge in [0.15, 0.2) is 0 Å². The Kier molecular flexibility index (Phi) is 23.7. The Morgan fingerprint density at radius 2 is 1.19 bits per heavy atom. The van der Waals surface area contributed by atoms with Gasteiger partial charge in [0.25, 0.3) is 0 Å². The van der Waals surface area contributed by atoms with Crippen LogP contribution in [0.1, 0.15) is 104 Å². The maximum absolute atomic E-state index is 10.4. The average molecular weight is 377 g/mol. The highest BCUT2D eigenvalue weighted by Gasteiger charge is 2.02. The number of carbonyl (C=O) groups is 1. The van der Waals surface area contributed by atoms with Gasteiger partial charge in [0, 0.05) is 6.42 Å². The monoisotopic (exact) mass is 376 g/mol. The van der Waals surface area contributed by atoms with Gasteiger partial charge in [-0.25, -0.2) is 0 Å². The Balaban J connectivity index is 0. The molecule has 0 saturated heterocycles. The van der Waals surface area contributed by atoms with Crippen LogP contribution in [0.25, 0.3) is 0 Å². The molecule has 0 aliphatic carbocycles. The van der Waals surface area contributed by atoms with Crippen LogP contribution < -0.4 is 0 Å². The summed E-state index contributed by atoms with van der Waals surface area (Å²) in [5, 5.41) is 32.6. The summed E-state index contributed by atoms with van der Waals surface area (Å²) >= 11 is 0. The summed E-state index contributed by atoms with van der Waals surface area (Å²) in [6.45, 7) is 3.92. The summed E-state index contributed by atoms with van der Waals surface area (Å²) < 4.78 is 0. The maximum atomic E-state index is 10.4. The molecule has 0 saturated carbocycles. The molecule has 0 radical (unpaired) electrons. The van der Waals surface area contributed by atoms with Crippen molar-refractivity contribution < 1.29 is 25.2 Å². The molecule has 0 aliphatic heterocycles.